The lowest BCUT2D eigenvalue weighted by Gasteiger charge is -2.23. The maximum absolute atomic E-state index is 11.8. The number of nitrogens with one attached hydrogen (secondary N) is 2. The van der Waals surface area contributed by atoms with Crippen LogP contribution in [-0.2, 0) is 4.74 Å². The third-order valence-electron chi connectivity index (χ3n) is 2.38. The minimum Gasteiger partial charge on any atom is -0.439 e. The first-order chi connectivity index (χ1) is 9.35. The van der Waals surface area contributed by atoms with Crippen LogP contribution in [0.1, 0.15) is 39.0 Å². The highest BCUT2D eigenvalue weighted by atomic mass is 16.6. The van der Waals surface area contributed by atoms with Crippen LogP contribution in [0.5, 0.6) is 0 Å². The monoisotopic (exact) mass is 278 g/mol. The molecule has 1 rings (SSSR count). The van der Waals surface area contributed by atoms with Crippen molar-refractivity contribution < 1.29 is 9.53 Å². The number of alkyl carbamates (subject to hydrolysis) is 1. The molecule has 1 atom stereocenters. The third-order valence-corrected chi connectivity index (χ3v) is 2.38. The fourth-order valence-electron chi connectivity index (χ4n) is 1.56. The summed E-state index contributed by atoms with van der Waals surface area (Å²) in [7, 11) is 0. The van der Waals surface area contributed by atoms with Crippen molar-refractivity contribution in [3.63, 3.8) is 0 Å². The number of rotatable bonds is 5. The van der Waals surface area contributed by atoms with Gasteiger partial charge < -0.3 is 15.5 Å². The number of carbonyl (C=O) groups excluding carboxylic acids is 1. The van der Waals surface area contributed by atoms with Gasteiger partial charge in [-0.25, -0.2) is 4.79 Å². The summed E-state index contributed by atoms with van der Waals surface area (Å²) < 4.78 is 5.40. The van der Waals surface area contributed by atoms with Crippen LogP contribution in [0.4, 0.5) is 10.5 Å². The number of hydrazine groups is 1. The Labute approximate surface area is 119 Å². The van der Waals surface area contributed by atoms with E-state index in [0.717, 1.165) is 0 Å². The summed E-state index contributed by atoms with van der Waals surface area (Å²) in [6, 6.07) is 3.46. The topological polar surface area (TPSA) is 89.3 Å². The first kappa shape index (κ1) is 16.0. The molecule has 0 aromatic carbocycles. The summed E-state index contributed by atoms with van der Waals surface area (Å²) in [6.07, 6.45) is 2.77. The standard InChI is InChI=1S/C14H22N4O2/c1-5-6-12(20-13(19)17-14(2,3)4)11-9-10(18-15)7-8-16-11/h5,7-9,12H,1,6,15H2,2-4H3,(H,16,18)(H,17,19). The summed E-state index contributed by atoms with van der Waals surface area (Å²) in [4.78, 5) is 16.0. The van der Waals surface area contributed by atoms with Gasteiger partial charge in [-0.15, -0.1) is 6.58 Å². The molecule has 1 heterocycles. The number of nitrogens with zero attached hydrogens (tertiary/aromatic N) is 1. The number of hydrogen-bond donors (Lipinski definition) is 3. The highest BCUT2D eigenvalue weighted by Gasteiger charge is 2.20. The van der Waals surface area contributed by atoms with E-state index in [4.69, 9.17) is 10.6 Å². The first-order valence-corrected chi connectivity index (χ1v) is 6.38. The smallest absolute Gasteiger partial charge is 0.408 e. The normalized spacial score (nSPS) is 12.4. The van der Waals surface area contributed by atoms with Crippen molar-refractivity contribution in [2.24, 2.45) is 5.84 Å². The van der Waals surface area contributed by atoms with Crippen LogP contribution in [0.15, 0.2) is 31.0 Å². The van der Waals surface area contributed by atoms with Crippen molar-refractivity contribution in [1.29, 1.82) is 0 Å². The number of carbonyl (C=O) groups is 1. The molecule has 0 saturated carbocycles. The van der Waals surface area contributed by atoms with Crippen LogP contribution in [0.25, 0.3) is 0 Å². The first-order valence-electron chi connectivity index (χ1n) is 6.38. The van der Waals surface area contributed by atoms with Gasteiger partial charge in [-0.3, -0.25) is 10.8 Å². The maximum Gasteiger partial charge on any atom is 0.408 e. The lowest BCUT2D eigenvalue weighted by molar-refractivity contribution is 0.0903. The van der Waals surface area contributed by atoms with Crippen molar-refractivity contribution in [3.8, 4) is 0 Å². The van der Waals surface area contributed by atoms with Gasteiger partial charge in [0.1, 0.15) is 6.10 Å². The van der Waals surface area contributed by atoms with Gasteiger partial charge in [-0.2, -0.15) is 0 Å². The van der Waals surface area contributed by atoms with E-state index in [9.17, 15) is 4.79 Å². The molecular formula is C14H22N4O2. The summed E-state index contributed by atoms with van der Waals surface area (Å²) >= 11 is 0. The second-order valence-electron chi connectivity index (χ2n) is 5.41. The fourth-order valence-corrected chi connectivity index (χ4v) is 1.56. The van der Waals surface area contributed by atoms with Gasteiger partial charge in [0.2, 0.25) is 0 Å². The van der Waals surface area contributed by atoms with Crippen LogP contribution in [0.3, 0.4) is 0 Å². The van der Waals surface area contributed by atoms with Crippen molar-refractivity contribution in [2.45, 2.75) is 38.8 Å². The predicted molar refractivity (Wildman–Crippen MR) is 79.0 cm³/mol. The van der Waals surface area contributed by atoms with Gasteiger partial charge in [0.15, 0.2) is 0 Å². The molecule has 1 unspecified atom stereocenters. The summed E-state index contributed by atoms with van der Waals surface area (Å²) in [5.74, 6) is 5.36. The molecule has 0 bridgehead atoms. The van der Waals surface area contributed by atoms with Crippen LogP contribution in [0.2, 0.25) is 0 Å². The third kappa shape index (κ3) is 5.27. The molecule has 1 amide bonds. The Bertz CT molecular complexity index is 468. The molecule has 4 N–H and O–H groups in total. The minimum atomic E-state index is -0.497. The lowest BCUT2D eigenvalue weighted by atomic mass is 10.1. The second kappa shape index (κ2) is 6.91. The van der Waals surface area contributed by atoms with E-state index < -0.39 is 12.2 Å². The molecule has 0 saturated heterocycles. The van der Waals surface area contributed by atoms with Crippen molar-refractivity contribution in [2.75, 3.05) is 5.43 Å². The average molecular weight is 278 g/mol. The molecule has 110 valence electrons. The Morgan fingerprint density at radius 1 is 1.60 bits per heavy atom. The Morgan fingerprint density at radius 2 is 2.30 bits per heavy atom. The molecule has 1 aromatic heterocycles. The predicted octanol–water partition coefficient (Wildman–Crippen LogP) is 2.51. The van der Waals surface area contributed by atoms with Gasteiger partial charge in [0.05, 0.1) is 11.4 Å². The lowest BCUT2D eigenvalue weighted by Crippen LogP contribution is -2.41. The van der Waals surface area contributed by atoms with E-state index in [1.165, 1.54) is 0 Å². The van der Waals surface area contributed by atoms with Gasteiger partial charge >= 0.3 is 6.09 Å². The van der Waals surface area contributed by atoms with Gasteiger partial charge in [-0.05, 0) is 32.9 Å². The van der Waals surface area contributed by atoms with Gasteiger partial charge in [-0.1, -0.05) is 6.08 Å². The molecule has 0 aliphatic carbocycles. The number of hydrogen-bond acceptors (Lipinski definition) is 5. The molecule has 0 radical (unpaired) electrons. The maximum atomic E-state index is 11.8. The summed E-state index contributed by atoms with van der Waals surface area (Å²) in [5, 5.41) is 2.74. The molecule has 1 aromatic rings. The SMILES string of the molecule is C=CCC(OC(=O)NC(C)(C)C)c1cc(NN)ccn1. The zero-order valence-electron chi connectivity index (χ0n) is 12.1. The number of nitrogen functional groups attached to an aromatic ring is 1. The number of aromatic nitrogens is 1. The summed E-state index contributed by atoms with van der Waals surface area (Å²) in [6.45, 7) is 9.32. The van der Waals surface area contributed by atoms with Crippen LogP contribution >= 0.6 is 0 Å². The number of nitrogens with two attached hydrogens (primary N) is 1. The molecule has 0 aliphatic heterocycles. The van der Waals surface area contributed by atoms with Gasteiger partial charge in [0, 0.05) is 18.2 Å². The Kier molecular flexibility index (Phi) is 5.52. The molecule has 0 aliphatic rings. The van der Waals surface area contributed by atoms with E-state index in [1.54, 1.807) is 24.4 Å². The minimum absolute atomic E-state index is 0.357. The number of anilines is 1. The van der Waals surface area contributed by atoms with Crippen LogP contribution in [-0.4, -0.2) is 16.6 Å². The van der Waals surface area contributed by atoms with E-state index >= 15 is 0 Å². The Hall–Kier alpha value is -2.08. The van der Waals surface area contributed by atoms with Crippen LogP contribution < -0.4 is 16.6 Å². The van der Waals surface area contributed by atoms with E-state index in [2.05, 4.69) is 22.3 Å². The number of amides is 1. The van der Waals surface area contributed by atoms with E-state index in [-0.39, 0.29) is 5.54 Å². The van der Waals surface area contributed by atoms with Gasteiger partial charge in [0.25, 0.3) is 0 Å². The highest BCUT2D eigenvalue weighted by Crippen LogP contribution is 2.22. The number of pyridine rings is 1. The van der Waals surface area contributed by atoms with Crippen molar-refractivity contribution in [1.82, 2.24) is 10.3 Å². The van der Waals surface area contributed by atoms with Crippen molar-refractivity contribution in [3.05, 3.63) is 36.7 Å². The molecular weight excluding hydrogens is 256 g/mol. The number of ether oxygens (including phenoxy) is 1. The second-order valence-corrected chi connectivity index (χ2v) is 5.41. The van der Waals surface area contributed by atoms with E-state index in [1.807, 2.05) is 20.8 Å². The molecule has 6 heteroatoms. The quantitative estimate of drug-likeness (QED) is 0.437. The molecule has 0 spiro atoms. The molecule has 20 heavy (non-hydrogen) atoms. The Morgan fingerprint density at radius 3 is 2.85 bits per heavy atom. The molecule has 0 fully saturated rings. The average Bonchev–Trinajstić information content (AvgIpc) is 2.36. The fraction of sp³-hybridized carbons (Fsp3) is 0.429. The highest BCUT2D eigenvalue weighted by molar-refractivity contribution is 5.68. The van der Waals surface area contributed by atoms with E-state index in [0.29, 0.717) is 17.8 Å². The van der Waals surface area contributed by atoms with Crippen molar-refractivity contribution >= 4 is 11.8 Å². The largest absolute Gasteiger partial charge is 0.439 e. The molecule has 6 nitrogen and oxygen atoms in total. The zero-order chi connectivity index (χ0) is 15.2. The Balaban J connectivity index is 2.82. The zero-order valence-corrected chi connectivity index (χ0v) is 12.1. The van der Waals surface area contributed by atoms with Crippen LogP contribution in [0, 0.1) is 0 Å². The summed E-state index contributed by atoms with van der Waals surface area (Å²) in [5.41, 5.74) is 3.49.